The number of rotatable bonds is 12. The quantitative estimate of drug-likeness (QED) is 0.120. The second-order valence-electron chi connectivity index (χ2n) is 14.7. The summed E-state index contributed by atoms with van der Waals surface area (Å²) < 4.78 is 8.62. The number of ether oxygens (including phenoxy) is 1. The molecule has 2 aromatic rings. The van der Waals surface area contributed by atoms with Gasteiger partial charge in [-0.1, -0.05) is 68.9 Å². The van der Waals surface area contributed by atoms with E-state index in [0.29, 0.717) is 28.3 Å². The summed E-state index contributed by atoms with van der Waals surface area (Å²) in [4.78, 5) is 68.4. The van der Waals surface area contributed by atoms with Gasteiger partial charge in [-0.2, -0.15) is 0 Å². The van der Waals surface area contributed by atoms with Crippen molar-refractivity contribution < 1.29 is 23.9 Å². The van der Waals surface area contributed by atoms with Crippen LogP contribution in [0, 0.1) is 11.3 Å². The van der Waals surface area contributed by atoms with Crippen molar-refractivity contribution in [2.75, 3.05) is 24.4 Å². The van der Waals surface area contributed by atoms with Gasteiger partial charge in [-0.25, -0.2) is 14.8 Å². The predicted molar refractivity (Wildman–Crippen MR) is 195 cm³/mol. The predicted octanol–water partition coefficient (Wildman–Crippen LogP) is 4.91. The summed E-state index contributed by atoms with van der Waals surface area (Å²) in [5.74, 6) is -0.829. The first-order chi connectivity index (χ1) is 23.9. The lowest BCUT2D eigenvalue weighted by atomic mass is 9.85. The minimum Gasteiger partial charge on any atom is -0.446 e. The minimum atomic E-state index is -1.14. The zero-order valence-electron chi connectivity index (χ0n) is 29.1. The first-order valence-corrected chi connectivity index (χ1v) is 19.4. The van der Waals surface area contributed by atoms with Gasteiger partial charge in [-0.05, 0) is 68.6 Å². The van der Waals surface area contributed by atoms with Gasteiger partial charge in [0.1, 0.15) is 29.5 Å². The van der Waals surface area contributed by atoms with Crippen LogP contribution < -0.4 is 20.3 Å². The molecule has 4 amide bonds. The van der Waals surface area contributed by atoms with Crippen LogP contribution in [0.3, 0.4) is 0 Å². The third-order valence-corrected chi connectivity index (χ3v) is 11.4. The Balaban J connectivity index is 1.29. The summed E-state index contributed by atoms with van der Waals surface area (Å²) in [7, 11) is 0. The molecule has 4 aliphatic rings. The summed E-state index contributed by atoms with van der Waals surface area (Å²) in [6.45, 7) is 9.64. The molecule has 14 heteroatoms. The van der Waals surface area contributed by atoms with Crippen molar-refractivity contribution in [3.63, 3.8) is 0 Å². The molecule has 0 radical (unpaired) electrons. The van der Waals surface area contributed by atoms with Crippen LogP contribution in [0.15, 0.2) is 54.2 Å². The van der Waals surface area contributed by atoms with Crippen molar-refractivity contribution in [1.29, 1.82) is 0 Å². The van der Waals surface area contributed by atoms with E-state index in [4.69, 9.17) is 14.7 Å². The van der Waals surface area contributed by atoms with Gasteiger partial charge in [0.2, 0.25) is 11.8 Å². The molecule has 3 saturated carbocycles. The first kappa shape index (κ1) is 36.0. The highest BCUT2D eigenvalue weighted by molar-refractivity contribution is 7.98. The fourth-order valence-electron chi connectivity index (χ4n) is 6.56. The molecule has 0 unspecified atom stereocenters. The number of carbonyl (C=O) groups excluding carboxylic acids is 4. The largest absolute Gasteiger partial charge is 0.446 e. The van der Waals surface area contributed by atoms with Crippen LogP contribution in [-0.4, -0.2) is 87.1 Å². The van der Waals surface area contributed by atoms with Crippen molar-refractivity contribution in [3.8, 4) is 11.3 Å². The molecule has 3 N–H and O–H groups in total. The Hall–Kier alpha value is -3.78. The molecule has 4 fully saturated rings. The Bertz CT molecular complexity index is 1610. The number of alkyl carbamates (subject to hydrolysis) is 1. The van der Waals surface area contributed by atoms with E-state index in [1.807, 2.05) is 68.3 Å². The zero-order valence-corrected chi connectivity index (χ0v) is 30.8. The monoisotopic (exact) mass is 721 g/mol. The Labute approximate surface area is 302 Å². The van der Waals surface area contributed by atoms with E-state index < -0.39 is 40.9 Å². The van der Waals surface area contributed by atoms with Crippen LogP contribution >= 0.6 is 23.7 Å². The van der Waals surface area contributed by atoms with Crippen LogP contribution in [0.5, 0.6) is 0 Å². The van der Waals surface area contributed by atoms with E-state index >= 15 is 0 Å². The van der Waals surface area contributed by atoms with Crippen LogP contribution in [0.4, 0.5) is 10.6 Å². The Morgan fingerprint density at radius 2 is 1.80 bits per heavy atom. The molecule has 1 aliphatic heterocycles. The minimum absolute atomic E-state index is 0.0313. The molecule has 1 saturated heterocycles. The topological polar surface area (TPSA) is 146 Å². The number of amides is 4. The van der Waals surface area contributed by atoms with Gasteiger partial charge in [0.05, 0.1) is 18.9 Å². The number of benzene rings is 1. The lowest BCUT2D eigenvalue weighted by Crippen LogP contribution is -2.60. The summed E-state index contributed by atoms with van der Waals surface area (Å²) >= 11 is 2.79. The van der Waals surface area contributed by atoms with E-state index in [9.17, 15) is 19.2 Å². The number of carbonyl (C=O) groups is 4. The SMILES string of the molecule is C=C[C@@H]1C[C@]1(NC(=O)[C@@H]1CN(c2cc(-c3ccccc3)nc(SC)n2)CN1C(=O)[C@@H](NC(=O)OC1CCCC1)C(C)(C)C)C(=O)NSC1CC1. The molecular formula is C36H47N7O5S2. The summed E-state index contributed by atoms with van der Waals surface area (Å²) in [6, 6.07) is 9.62. The third kappa shape index (κ3) is 8.06. The van der Waals surface area contributed by atoms with Gasteiger partial charge >= 0.3 is 6.09 Å². The molecule has 50 heavy (non-hydrogen) atoms. The smallest absolute Gasteiger partial charge is 0.408 e. The number of anilines is 1. The van der Waals surface area contributed by atoms with E-state index in [2.05, 4.69) is 21.9 Å². The molecule has 12 nitrogen and oxygen atoms in total. The summed E-state index contributed by atoms with van der Waals surface area (Å²) in [6.07, 6.45) is 8.88. The molecular weight excluding hydrogens is 675 g/mol. The van der Waals surface area contributed by atoms with Crippen molar-refractivity contribution in [2.24, 2.45) is 11.3 Å². The molecule has 6 rings (SSSR count). The van der Waals surface area contributed by atoms with Crippen molar-refractivity contribution >= 4 is 53.3 Å². The highest BCUT2D eigenvalue weighted by Crippen LogP contribution is 2.46. The highest BCUT2D eigenvalue weighted by Gasteiger charge is 2.61. The lowest BCUT2D eigenvalue weighted by molar-refractivity contribution is -0.142. The van der Waals surface area contributed by atoms with Crippen molar-refractivity contribution in [2.45, 2.75) is 99.8 Å². The standard InChI is InChI=1S/C36H47N7O5S2/c1-6-23-19-36(23,32(46)41-50-25-16-17-25)40-30(44)27-20-42(28-18-26(37-33(38-28)49-5)22-12-8-7-9-13-22)21-43(27)31(45)29(35(2,3)4)39-34(47)48-24-14-10-11-15-24/h6-9,12-13,18,23-25,27,29H,1,10-11,14-17,19-21H2,2-5H3,(H,39,47)(H,40,44)(H,41,46)/t23-,27+,29-,36-/m1/s1. The maximum Gasteiger partial charge on any atom is 0.408 e. The lowest BCUT2D eigenvalue weighted by Gasteiger charge is -2.35. The van der Waals surface area contributed by atoms with Gasteiger partial charge in [0.15, 0.2) is 5.16 Å². The van der Waals surface area contributed by atoms with Crippen molar-refractivity contribution in [3.05, 3.63) is 49.1 Å². The normalized spacial score (nSPS) is 24.0. The number of hydrogen-bond acceptors (Lipinski definition) is 10. The maximum atomic E-state index is 14.6. The molecule has 2 heterocycles. The van der Waals surface area contributed by atoms with Crippen LogP contribution in [0.25, 0.3) is 11.3 Å². The number of thioether (sulfide) groups is 1. The molecule has 268 valence electrons. The van der Waals surface area contributed by atoms with E-state index in [-0.39, 0.29) is 31.1 Å². The van der Waals surface area contributed by atoms with Crippen LogP contribution in [0.1, 0.15) is 65.7 Å². The highest BCUT2D eigenvalue weighted by atomic mass is 32.2. The van der Waals surface area contributed by atoms with Crippen LogP contribution in [-0.2, 0) is 19.1 Å². The van der Waals surface area contributed by atoms with E-state index in [0.717, 1.165) is 44.1 Å². The first-order valence-electron chi connectivity index (χ1n) is 17.3. The number of aromatic nitrogens is 2. The van der Waals surface area contributed by atoms with Gasteiger partial charge < -0.3 is 25.2 Å². The van der Waals surface area contributed by atoms with Crippen LogP contribution in [0.2, 0.25) is 0 Å². The molecule has 1 aromatic carbocycles. The second kappa shape index (κ2) is 14.8. The fourth-order valence-corrected chi connectivity index (χ4v) is 7.76. The average molecular weight is 722 g/mol. The molecule has 3 aliphatic carbocycles. The second-order valence-corrected chi connectivity index (χ2v) is 16.5. The van der Waals surface area contributed by atoms with E-state index in [1.165, 1.54) is 28.6 Å². The van der Waals surface area contributed by atoms with Crippen molar-refractivity contribution in [1.82, 2.24) is 30.2 Å². The van der Waals surface area contributed by atoms with Gasteiger partial charge in [0.25, 0.3) is 5.91 Å². The maximum absolute atomic E-state index is 14.6. The Morgan fingerprint density at radius 1 is 1.08 bits per heavy atom. The number of nitrogens with one attached hydrogen (secondary N) is 3. The van der Waals surface area contributed by atoms with Gasteiger partial charge in [0, 0.05) is 22.8 Å². The molecule has 4 atom stereocenters. The average Bonchev–Trinajstić information content (AvgIpc) is 3.95. The number of nitrogens with zero attached hydrogens (tertiary/aromatic N) is 4. The van der Waals surface area contributed by atoms with Gasteiger partial charge in [-0.3, -0.25) is 19.1 Å². The fraction of sp³-hybridized carbons (Fsp3) is 0.556. The summed E-state index contributed by atoms with van der Waals surface area (Å²) in [5, 5.41) is 6.81. The van der Waals surface area contributed by atoms with E-state index in [1.54, 1.807) is 6.08 Å². The molecule has 0 spiro atoms. The van der Waals surface area contributed by atoms with Gasteiger partial charge in [-0.15, -0.1) is 6.58 Å². The molecule has 0 bridgehead atoms. The molecule has 1 aromatic heterocycles. The summed E-state index contributed by atoms with van der Waals surface area (Å²) in [5.41, 5.74) is -0.235. The Kier molecular flexibility index (Phi) is 10.7. The number of hydrogen-bond donors (Lipinski definition) is 3. The zero-order chi connectivity index (χ0) is 35.6. The Morgan fingerprint density at radius 3 is 2.42 bits per heavy atom. The third-order valence-electron chi connectivity index (χ3n) is 9.79.